The van der Waals surface area contributed by atoms with Gasteiger partial charge in [-0.2, -0.15) is 0 Å². The molecule has 0 bridgehead atoms. The van der Waals surface area contributed by atoms with Crippen molar-refractivity contribution < 1.29 is 9.66 Å². The predicted octanol–water partition coefficient (Wildman–Crippen LogP) is 2.47. The van der Waals surface area contributed by atoms with Gasteiger partial charge in [0.1, 0.15) is 0 Å². The minimum Gasteiger partial charge on any atom is -0.388 e. The zero-order valence-electron chi connectivity index (χ0n) is 10.9. The van der Waals surface area contributed by atoms with E-state index in [0.29, 0.717) is 12.3 Å². The van der Waals surface area contributed by atoms with E-state index in [1.54, 1.807) is 14.2 Å². The molecule has 1 rings (SSSR count). The maximum atomic E-state index is 10.8. The van der Waals surface area contributed by atoms with Crippen LogP contribution >= 0.6 is 0 Å². The highest BCUT2D eigenvalue weighted by Gasteiger charge is 2.12. The summed E-state index contributed by atoms with van der Waals surface area (Å²) in [5, 5.41) is 17.0. The second-order valence-electron chi connectivity index (χ2n) is 3.98. The van der Waals surface area contributed by atoms with Crippen molar-refractivity contribution in [3.05, 3.63) is 28.3 Å². The number of nitrogens with one attached hydrogen (secondary N) is 2. The molecule has 1 aromatic rings. The number of methoxy groups -OCH3 is 1. The van der Waals surface area contributed by atoms with Crippen molar-refractivity contribution in [2.75, 3.05) is 31.4 Å². The number of rotatable bonds is 7. The van der Waals surface area contributed by atoms with Crippen LogP contribution in [0.4, 0.5) is 17.1 Å². The van der Waals surface area contributed by atoms with Crippen LogP contribution in [0.5, 0.6) is 0 Å². The molecule has 6 nitrogen and oxygen atoms in total. The second-order valence-corrected chi connectivity index (χ2v) is 3.98. The Labute approximate surface area is 106 Å². The third-order valence-electron chi connectivity index (χ3n) is 2.65. The molecule has 0 saturated heterocycles. The molecule has 6 heteroatoms. The molecule has 0 spiro atoms. The van der Waals surface area contributed by atoms with Crippen molar-refractivity contribution in [3.8, 4) is 0 Å². The molecule has 0 fully saturated rings. The summed E-state index contributed by atoms with van der Waals surface area (Å²) in [7, 11) is 3.37. The SMILES string of the molecule is CCC(COC)Nc1cc(NC)cc([N+](=O)[O-])c1. The van der Waals surface area contributed by atoms with Crippen LogP contribution in [0.1, 0.15) is 13.3 Å². The lowest BCUT2D eigenvalue weighted by atomic mass is 10.2. The van der Waals surface area contributed by atoms with Gasteiger partial charge < -0.3 is 15.4 Å². The number of hydrogen-bond acceptors (Lipinski definition) is 5. The van der Waals surface area contributed by atoms with Crippen LogP contribution in [0.3, 0.4) is 0 Å². The highest BCUT2D eigenvalue weighted by atomic mass is 16.6. The smallest absolute Gasteiger partial charge is 0.273 e. The zero-order chi connectivity index (χ0) is 13.5. The van der Waals surface area contributed by atoms with E-state index in [9.17, 15) is 10.1 Å². The molecule has 1 unspecified atom stereocenters. The Balaban J connectivity index is 2.93. The van der Waals surface area contributed by atoms with Gasteiger partial charge >= 0.3 is 0 Å². The number of ether oxygens (including phenoxy) is 1. The lowest BCUT2D eigenvalue weighted by Gasteiger charge is -2.17. The van der Waals surface area contributed by atoms with Crippen LogP contribution in [0.2, 0.25) is 0 Å². The Morgan fingerprint density at radius 3 is 2.56 bits per heavy atom. The molecule has 0 aromatic heterocycles. The fourth-order valence-corrected chi connectivity index (χ4v) is 1.64. The molecular weight excluding hydrogens is 234 g/mol. The third kappa shape index (κ3) is 3.89. The molecule has 0 radical (unpaired) electrons. The number of nitro benzene ring substituents is 1. The first-order valence-electron chi connectivity index (χ1n) is 5.83. The third-order valence-corrected chi connectivity index (χ3v) is 2.65. The zero-order valence-corrected chi connectivity index (χ0v) is 10.9. The molecule has 0 aliphatic heterocycles. The summed E-state index contributed by atoms with van der Waals surface area (Å²) in [6.45, 7) is 2.60. The Morgan fingerprint density at radius 2 is 2.06 bits per heavy atom. The van der Waals surface area contributed by atoms with Gasteiger partial charge in [0, 0.05) is 43.7 Å². The van der Waals surface area contributed by atoms with E-state index < -0.39 is 4.92 Å². The van der Waals surface area contributed by atoms with E-state index in [2.05, 4.69) is 10.6 Å². The minimum absolute atomic E-state index is 0.0663. The number of anilines is 2. The summed E-state index contributed by atoms with van der Waals surface area (Å²) in [5.74, 6) is 0. The molecular formula is C12H19N3O3. The lowest BCUT2D eigenvalue weighted by molar-refractivity contribution is -0.384. The van der Waals surface area contributed by atoms with Gasteiger partial charge in [0.25, 0.3) is 5.69 Å². The molecule has 1 aromatic carbocycles. The molecule has 100 valence electrons. The fraction of sp³-hybridized carbons (Fsp3) is 0.500. The summed E-state index contributed by atoms with van der Waals surface area (Å²) in [6.07, 6.45) is 0.880. The van der Waals surface area contributed by atoms with Gasteiger partial charge in [0.15, 0.2) is 0 Å². The normalized spacial score (nSPS) is 11.9. The summed E-state index contributed by atoms with van der Waals surface area (Å²) >= 11 is 0. The number of nitrogens with zero attached hydrogens (tertiary/aromatic N) is 1. The van der Waals surface area contributed by atoms with Crippen molar-refractivity contribution in [1.82, 2.24) is 0 Å². The molecule has 2 N–H and O–H groups in total. The van der Waals surface area contributed by atoms with Gasteiger partial charge in [0.2, 0.25) is 0 Å². The van der Waals surface area contributed by atoms with Crippen LogP contribution in [-0.4, -0.2) is 31.7 Å². The van der Waals surface area contributed by atoms with Crippen molar-refractivity contribution in [1.29, 1.82) is 0 Å². The van der Waals surface area contributed by atoms with Crippen LogP contribution in [0.15, 0.2) is 18.2 Å². The Morgan fingerprint density at radius 1 is 1.39 bits per heavy atom. The van der Waals surface area contributed by atoms with E-state index in [0.717, 1.165) is 12.1 Å². The number of benzene rings is 1. The van der Waals surface area contributed by atoms with Gasteiger partial charge in [-0.1, -0.05) is 6.92 Å². The average Bonchev–Trinajstić information content (AvgIpc) is 2.37. The molecule has 0 aliphatic rings. The predicted molar refractivity (Wildman–Crippen MR) is 72.2 cm³/mol. The Hall–Kier alpha value is -1.82. The Bertz CT molecular complexity index is 410. The van der Waals surface area contributed by atoms with Gasteiger partial charge in [-0.25, -0.2) is 0 Å². The van der Waals surface area contributed by atoms with Crippen LogP contribution < -0.4 is 10.6 Å². The highest BCUT2D eigenvalue weighted by molar-refractivity contribution is 5.63. The number of hydrogen-bond donors (Lipinski definition) is 2. The largest absolute Gasteiger partial charge is 0.388 e. The first kappa shape index (κ1) is 14.2. The topological polar surface area (TPSA) is 76.4 Å². The van der Waals surface area contributed by atoms with Crippen LogP contribution in [0.25, 0.3) is 0 Å². The van der Waals surface area contributed by atoms with Gasteiger partial charge in [0.05, 0.1) is 11.5 Å². The van der Waals surface area contributed by atoms with E-state index >= 15 is 0 Å². The van der Waals surface area contributed by atoms with E-state index in [1.165, 1.54) is 12.1 Å². The summed E-state index contributed by atoms with van der Waals surface area (Å²) in [4.78, 5) is 10.4. The van der Waals surface area contributed by atoms with Crippen molar-refractivity contribution >= 4 is 17.1 Å². The maximum Gasteiger partial charge on any atom is 0.273 e. The van der Waals surface area contributed by atoms with E-state index in [1.807, 2.05) is 13.0 Å². The highest BCUT2D eigenvalue weighted by Crippen LogP contribution is 2.24. The monoisotopic (exact) mass is 253 g/mol. The summed E-state index contributed by atoms with van der Waals surface area (Å²) < 4.78 is 5.09. The quantitative estimate of drug-likeness (QED) is 0.576. The van der Waals surface area contributed by atoms with Gasteiger partial charge in [-0.15, -0.1) is 0 Å². The second kappa shape index (κ2) is 6.80. The van der Waals surface area contributed by atoms with Gasteiger partial charge in [-0.05, 0) is 12.5 Å². The van der Waals surface area contributed by atoms with Crippen molar-refractivity contribution in [2.45, 2.75) is 19.4 Å². The molecule has 1 atom stereocenters. The lowest BCUT2D eigenvalue weighted by Crippen LogP contribution is -2.23. The molecule has 0 amide bonds. The standard InChI is InChI=1S/C12H19N3O3/c1-4-9(8-18-3)14-11-5-10(13-2)6-12(7-11)15(16)17/h5-7,9,13-14H,4,8H2,1-3H3. The number of nitro groups is 1. The first-order chi connectivity index (χ1) is 8.60. The van der Waals surface area contributed by atoms with E-state index in [4.69, 9.17) is 4.74 Å². The van der Waals surface area contributed by atoms with Crippen molar-refractivity contribution in [2.24, 2.45) is 0 Å². The molecule has 0 aliphatic carbocycles. The average molecular weight is 253 g/mol. The fourth-order valence-electron chi connectivity index (χ4n) is 1.64. The molecule has 0 heterocycles. The minimum atomic E-state index is -0.400. The van der Waals surface area contributed by atoms with E-state index in [-0.39, 0.29) is 11.7 Å². The molecule has 0 saturated carbocycles. The Kier molecular flexibility index (Phi) is 5.38. The summed E-state index contributed by atoms with van der Waals surface area (Å²) in [6, 6.07) is 5.01. The molecule has 18 heavy (non-hydrogen) atoms. The summed E-state index contributed by atoms with van der Waals surface area (Å²) in [5.41, 5.74) is 1.49. The maximum absolute atomic E-state index is 10.8. The first-order valence-corrected chi connectivity index (χ1v) is 5.83. The van der Waals surface area contributed by atoms with Gasteiger partial charge in [-0.3, -0.25) is 10.1 Å². The van der Waals surface area contributed by atoms with Crippen molar-refractivity contribution in [3.63, 3.8) is 0 Å². The number of non-ortho nitro benzene ring substituents is 1. The van der Waals surface area contributed by atoms with Crippen LogP contribution in [0, 0.1) is 10.1 Å². The van der Waals surface area contributed by atoms with Crippen LogP contribution in [-0.2, 0) is 4.74 Å².